The van der Waals surface area contributed by atoms with E-state index in [9.17, 15) is 4.79 Å². The van der Waals surface area contributed by atoms with Gasteiger partial charge in [0.1, 0.15) is 0 Å². The van der Waals surface area contributed by atoms with Gasteiger partial charge in [0.05, 0.1) is 6.04 Å². The molecule has 29 heavy (non-hydrogen) atoms. The molecule has 3 aliphatic heterocycles. The largest absolute Gasteiger partial charge is 0.298 e. The van der Waals surface area contributed by atoms with Gasteiger partial charge in [0.25, 0.3) is 0 Å². The second-order valence-electron chi connectivity index (χ2n) is 8.45. The molecule has 3 saturated heterocycles. The van der Waals surface area contributed by atoms with E-state index in [0.29, 0.717) is 11.8 Å². The van der Waals surface area contributed by atoms with Gasteiger partial charge in [0.15, 0.2) is 5.78 Å². The van der Waals surface area contributed by atoms with Crippen molar-refractivity contribution < 1.29 is 4.79 Å². The minimum atomic E-state index is -0.0685. The summed E-state index contributed by atoms with van der Waals surface area (Å²) in [5.74, 6) is 0.734. The summed E-state index contributed by atoms with van der Waals surface area (Å²) in [7, 11) is 0. The lowest BCUT2D eigenvalue weighted by Crippen LogP contribution is -2.62. The molecule has 0 aliphatic carbocycles. The molecule has 4 unspecified atom stereocenters. The van der Waals surface area contributed by atoms with Crippen LogP contribution in [0.3, 0.4) is 0 Å². The number of rotatable bonds is 5. The second-order valence-corrected chi connectivity index (χ2v) is 8.45. The summed E-state index contributed by atoms with van der Waals surface area (Å²) >= 11 is 0. The molecule has 2 nitrogen and oxygen atoms in total. The molecule has 3 aromatic rings. The quantitative estimate of drug-likeness (QED) is 0.613. The lowest BCUT2D eigenvalue weighted by Gasteiger charge is -2.52. The van der Waals surface area contributed by atoms with Gasteiger partial charge < -0.3 is 0 Å². The Kier molecular flexibility index (Phi) is 5.03. The van der Waals surface area contributed by atoms with Crippen molar-refractivity contribution in [1.82, 2.24) is 4.90 Å². The molecular formula is C27H27NO. The molecule has 3 aromatic carbocycles. The summed E-state index contributed by atoms with van der Waals surface area (Å²) in [6.07, 6.45) is 3.04. The van der Waals surface area contributed by atoms with Gasteiger partial charge in [0.2, 0.25) is 0 Å². The van der Waals surface area contributed by atoms with Gasteiger partial charge in [-0.2, -0.15) is 0 Å². The zero-order chi connectivity index (χ0) is 19.6. The third kappa shape index (κ3) is 3.54. The third-order valence-electron chi connectivity index (χ3n) is 6.76. The standard InChI is InChI=1S/C27H27NO/c29-27-23-16-17-28(24(19-23)18-20-10-4-1-5-11-20)26(27)25(21-12-6-2-7-13-21)22-14-8-3-9-15-22/h1-15,23-26H,16-19H2. The zero-order valence-electron chi connectivity index (χ0n) is 16.7. The monoisotopic (exact) mass is 381 g/mol. The van der Waals surface area contributed by atoms with Gasteiger partial charge in [-0.15, -0.1) is 0 Å². The smallest absolute Gasteiger partial charge is 0.154 e. The van der Waals surface area contributed by atoms with Crippen molar-refractivity contribution in [3.63, 3.8) is 0 Å². The number of carbonyl (C=O) groups excluding carboxylic acids is 1. The first-order valence-electron chi connectivity index (χ1n) is 10.7. The van der Waals surface area contributed by atoms with E-state index >= 15 is 0 Å². The summed E-state index contributed by atoms with van der Waals surface area (Å²) in [5.41, 5.74) is 3.85. The summed E-state index contributed by atoms with van der Waals surface area (Å²) in [6.45, 7) is 1.02. The van der Waals surface area contributed by atoms with Crippen molar-refractivity contribution in [2.45, 2.75) is 37.3 Å². The molecule has 0 spiro atoms. The predicted molar refractivity (Wildman–Crippen MR) is 117 cm³/mol. The fourth-order valence-corrected chi connectivity index (χ4v) is 5.42. The fraction of sp³-hybridized carbons (Fsp3) is 0.296. The van der Waals surface area contributed by atoms with Gasteiger partial charge in [-0.3, -0.25) is 9.69 Å². The second kappa shape index (κ2) is 7.96. The first kappa shape index (κ1) is 18.3. The molecule has 3 heterocycles. The maximum atomic E-state index is 13.5. The zero-order valence-corrected chi connectivity index (χ0v) is 16.7. The number of ketones is 1. The number of nitrogens with zero attached hydrogens (tertiary/aromatic N) is 1. The van der Waals surface area contributed by atoms with Crippen molar-refractivity contribution in [3.8, 4) is 0 Å². The molecule has 0 saturated carbocycles. The van der Waals surface area contributed by atoms with Crippen LogP contribution in [0.25, 0.3) is 0 Å². The molecule has 4 atom stereocenters. The molecule has 2 heteroatoms. The Labute approximate surface area is 173 Å². The molecule has 146 valence electrons. The first-order valence-corrected chi connectivity index (χ1v) is 10.7. The summed E-state index contributed by atoms with van der Waals surface area (Å²) < 4.78 is 0. The molecule has 3 aliphatic rings. The van der Waals surface area contributed by atoms with E-state index in [2.05, 4.69) is 95.9 Å². The number of benzene rings is 3. The minimum Gasteiger partial charge on any atom is -0.298 e. The maximum absolute atomic E-state index is 13.5. The third-order valence-corrected chi connectivity index (χ3v) is 6.76. The van der Waals surface area contributed by atoms with Crippen molar-refractivity contribution in [2.24, 2.45) is 5.92 Å². The summed E-state index contributed by atoms with van der Waals surface area (Å²) in [5, 5.41) is 0. The van der Waals surface area contributed by atoms with Crippen LogP contribution < -0.4 is 0 Å². The van der Waals surface area contributed by atoms with E-state index in [0.717, 1.165) is 25.8 Å². The molecule has 0 N–H and O–H groups in total. The summed E-state index contributed by atoms with van der Waals surface area (Å²) in [6, 6.07) is 32.3. The molecule has 3 fully saturated rings. The van der Waals surface area contributed by atoms with Gasteiger partial charge in [0, 0.05) is 17.9 Å². The van der Waals surface area contributed by atoms with Gasteiger partial charge >= 0.3 is 0 Å². The average molecular weight is 382 g/mol. The normalized spacial score (nSPS) is 26.0. The van der Waals surface area contributed by atoms with Crippen LogP contribution in [-0.2, 0) is 11.2 Å². The van der Waals surface area contributed by atoms with Crippen LogP contribution in [0.15, 0.2) is 91.0 Å². The number of hydrogen-bond acceptors (Lipinski definition) is 2. The Morgan fingerprint density at radius 3 is 1.93 bits per heavy atom. The Balaban J connectivity index is 1.53. The lowest BCUT2D eigenvalue weighted by atomic mass is 9.70. The van der Waals surface area contributed by atoms with E-state index in [1.807, 2.05) is 0 Å². The molecule has 0 amide bonds. The van der Waals surface area contributed by atoms with E-state index in [1.54, 1.807) is 0 Å². The van der Waals surface area contributed by atoms with E-state index in [-0.39, 0.29) is 17.9 Å². The molecular weight excluding hydrogens is 354 g/mol. The number of piperidine rings is 3. The number of carbonyl (C=O) groups is 1. The van der Waals surface area contributed by atoms with Crippen LogP contribution in [0.2, 0.25) is 0 Å². The van der Waals surface area contributed by atoms with E-state index in [1.165, 1.54) is 16.7 Å². The van der Waals surface area contributed by atoms with Crippen LogP contribution in [-0.4, -0.2) is 29.3 Å². The topological polar surface area (TPSA) is 20.3 Å². The Hall–Kier alpha value is -2.71. The number of hydrogen-bond donors (Lipinski definition) is 0. The molecule has 0 aromatic heterocycles. The fourth-order valence-electron chi connectivity index (χ4n) is 5.42. The van der Waals surface area contributed by atoms with E-state index in [4.69, 9.17) is 0 Å². The highest BCUT2D eigenvalue weighted by molar-refractivity contribution is 5.89. The van der Waals surface area contributed by atoms with Crippen LogP contribution in [0, 0.1) is 5.92 Å². The van der Waals surface area contributed by atoms with Crippen molar-refractivity contribution in [3.05, 3.63) is 108 Å². The molecule has 0 radical (unpaired) electrons. The summed E-state index contributed by atoms with van der Waals surface area (Å²) in [4.78, 5) is 16.1. The number of Topliss-reactive ketones (excluding diaryl/α,β-unsaturated/α-hetero) is 1. The van der Waals surface area contributed by atoms with Crippen molar-refractivity contribution >= 4 is 5.78 Å². The highest BCUT2D eigenvalue weighted by Gasteiger charge is 2.49. The highest BCUT2D eigenvalue weighted by Crippen LogP contribution is 2.42. The molecule has 6 rings (SSSR count). The lowest BCUT2D eigenvalue weighted by molar-refractivity contribution is -0.141. The SMILES string of the molecule is O=C1C2CCN(C(Cc3ccccc3)C2)C1C(c1ccccc1)c1ccccc1. The van der Waals surface area contributed by atoms with E-state index < -0.39 is 0 Å². The Morgan fingerprint density at radius 1 is 0.793 bits per heavy atom. The molecule has 2 bridgehead atoms. The van der Waals surface area contributed by atoms with Crippen LogP contribution in [0.4, 0.5) is 0 Å². The first-order chi connectivity index (χ1) is 14.3. The number of fused-ring (bicyclic) bond motifs is 3. The average Bonchev–Trinajstić information content (AvgIpc) is 2.78. The predicted octanol–water partition coefficient (Wildman–Crippen LogP) is 5.09. The Bertz CT molecular complexity index is 914. The maximum Gasteiger partial charge on any atom is 0.154 e. The van der Waals surface area contributed by atoms with Crippen LogP contribution >= 0.6 is 0 Å². The van der Waals surface area contributed by atoms with Gasteiger partial charge in [-0.05, 0) is 42.5 Å². The van der Waals surface area contributed by atoms with Crippen molar-refractivity contribution in [1.29, 1.82) is 0 Å². The van der Waals surface area contributed by atoms with Gasteiger partial charge in [-0.1, -0.05) is 91.0 Å². The van der Waals surface area contributed by atoms with Crippen LogP contribution in [0.1, 0.15) is 35.4 Å². The van der Waals surface area contributed by atoms with Crippen molar-refractivity contribution in [2.75, 3.05) is 6.54 Å². The minimum absolute atomic E-state index is 0.0685. The Morgan fingerprint density at radius 2 is 1.34 bits per heavy atom. The highest BCUT2D eigenvalue weighted by atomic mass is 16.1. The van der Waals surface area contributed by atoms with Gasteiger partial charge in [-0.25, -0.2) is 0 Å². The van der Waals surface area contributed by atoms with Crippen LogP contribution in [0.5, 0.6) is 0 Å².